The fraction of sp³-hybridized carbons (Fsp3) is 0.176. The monoisotopic (exact) mass is 330 g/mol. The summed E-state index contributed by atoms with van der Waals surface area (Å²) in [6.07, 6.45) is 0. The fourth-order valence-electron chi connectivity index (χ4n) is 2.53. The second-order valence-electron chi connectivity index (χ2n) is 5.38. The standard InChI is InChI=1S/C17H18N2O3S/c1-11-12(2)18-17-15(11)5-4-6-16(17)19-23(20,21)14-9-7-13(22-3)8-10-14/h4-10,18-19H,1-3H3. The van der Waals surface area contributed by atoms with Crippen LogP contribution >= 0.6 is 0 Å². The van der Waals surface area contributed by atoms with E-state index in [1.165, 1.54) is 12.1 Å². The lowest BCUT2D eigenvalue weighted by molar-refractivity contribution is 0.414. The number of para-hydroxylation sites is 1. The van der Waals surface area contributed by atoms with Gasteiger partial charge in [-0.15, -0.1) is 0 Å². The molecule has 0 saturated heterocycles. The van der Waals surface area contributed by atoms with Crippen LogP contribution in [0.1, 0.15) is 11.3 Å². The number of methoxy groups -OCH3 is 1. The summed E-state index contributed by atoms with van der Waals surface area (Å²) in [6.45, 7) is 3.98. The maximum absolute atomic E-state index is 12.6. The quantitative estimate of drug-likeness (QED) is 0.768. The molecule has 120 valence electrons. The van der Waals surface area contributed by atoms with Crippen LogP contribution in [0.25, 0.3) is 10.9 Å². The molecule has 0 radical (unpaired) electrons. The SMILES string of the molecule is COc1ccc(S(=O)(=O)Nc2cccc3c(C)c(C)[nH]c23)cc1. The Hall–Kier alpha value is -2.47. The molecule has 2 N–H and O–H groups in total. The van der Waals surface area contributed by atoms with Gasteiger partial charge in [0.2, 0.25) is 0 Å². The molecule has 2 aromatic carbocycles. The van der Waals surface area contributed by atoms with Crippen molar-refractivity contribution in [3.8, 4) is 5.75 Å². The third kappa shape index (κ3) is 2.77. The van der Waals surface area contributed by atoms with E-state index in [1.807, 2.05) is 26.0 Å². The molecule has 0 unspecified atom stereocenters. The first kappa shape index (κ1) is 15.4. The molecule has 23 heavy (non-hydrogen) atoms. The van der Waals surface area contributed by atoms with Crippen molar-refractivity contribution in [1.29, 1.82) is 0 Å². The number of nitrogens with one attached hydrogen (secondary N) is 2. The highest BCUT2D eigenvalue weighted by Gasteiger charge is 2.17. The van der Waals surface area contributed by atoms with E-state index in [0.29, 0.717) is 11.4 Å². The van der Waals surface area contributed by atoms with Crippen molar-refractivity contribution in [2.45, 2.75) is 18.7 Å². The van der Waals surface area contributed by atoms with Gasteiger partial charge in [-0.3, -0.25) is 4.72 Å². The van der Waals surface area contributed by atoms with Crippen LogP contribution in [0, 0.1) is 13.8 Å². The van der Waals surface area contributed by atoms with Gasteiger partial charge >= 0.3 is 0 Å². The molecule has 1 aromatic heterocycles. The van der Waals surface area contributed by atoms with Gasteiger partial charge in [0.25, 0.3) is 10.0 Å². The van der Waals surface area contributed by atoms with Gasteiger partial charge in [0, 0.05) is 11.1 Å². The molecule has 6 heteroatoms. The van der Waals surface area contributed by atoms with Crippen molar-refractivity contribution < 1.29 is 13.2 Å². The molecule has 3 rings (SSSR count). The number of aromatic nitrogens is 1. The topological polar surface area (TPSA) is 71.2 Å². The number of anilines is 1. The Morgan fingerprint density at radius 3 is 2.39 bits per heavy atom. The Kier molecular flexibility index (Phi) is 3.77. The lowest BCUT2D eigenvalue weighted by Gasteiger charge is -2.10. The van der Waals surface area contributed by atoms with E-state index < -0.39 is 10.0 Å². The Morgan fingerprint density at radius 1 is 1.04 bits per heavy atom. The van der Waals surface area contributed by atoms with Gasteiger partial charge in [0.15, 0.2) is 0 Å². The summed E-state index contributed by atoms with van der Waals surface area (Å²) in [5.41, 5.74) is 3.47. The van der Waals surface area contributed by atoms with Crippen LogP contribution in [-0.4, -0.2) is 20.5 Å². The average molecular weight is 330 g/mol. The van der Waals surface area contributed by atoms with Crippen molar-refractivity contribution in [1.82, 2.24) is 4.98 Å². The number of aryl methyl sites for hydroxylation is 2. The molecule has 0 fully saturated rings. The Labute approximate surface area is 135 Å². The minimum Gasteiger partial charge on any atom is -0.497 e. The molecule has 0 aliphatic heterocycles. The minimum absolute atomic E-state index is 0.190. The molecular formula is C17H18N2O3S. The summed E-state index contributed by atoms with van der Waals surface area (Å²) < 4.78 is 32.9. The predicted molar refractivity (Wildman–Crippen MR) is 91.6 cm³/mol. The Bertz CT molecular complexity index is 957. The number of aromatic amines is 1. The minimum atomic E-state index is -3.66. The molecular weight excluding hydrogens is 312 g/mol. The highest BCUT2D eigenvalue weighted by atomic mass is 32.2. The number of H-pyrrole nitrogens is 1. The number of sulfonamides is 1. The number of rotatable bonds is 4. The zero-order chi connectivity index (χ0) is 16.6. The number of fused-ring (bicyclic) bond motifs is 1. The number of benzene rings is 2. The molecule has 0 atom stereocenters. The molecule has 0 aliphatic carbocycles. The Balaban J connectivity index is 2.01. The lowest BCUT2D eigenvalue weighted by Crippen LogP contribution is -2.13. The summed E-state index contributed by atoms with van der Waals surface area (Å²) in [4.78, 5) is 3.43. The zero-order valence-corrected chi connectivity index (χ0v) is 14.0. The first-order chi connectivity index (χ1) is 10.9. The molecule has 0 aliphatic rings. The second-order valence-corrected chi connectivity index (χ2v) is 7.07. The summed E-state index contributed by atoms with van der Waals surface area (Å²) >= 11 is 0. The van der Waals surface area contributed by atoms with E-state index in [0.717, 1.165) is 22.2 Å². The van der Waals surface area contributed by atoms with Gasteiger partial charge in [0.1, 0.15) is 5.75 Å². The van der Waals surface area contributed by atoms with Crippen molar-refractivity contribution in [2.24, 2.45) is 0 Å². The number of hydrogen-bond donors (Lipinski definition) is 2. The summed E-state index contributed by atoms with van der Waals surface area (Å²) in [5, 5.41) is 1.01. The number of hydrogen-bond acceptors (Lipinski definition) is 3. The highest BCUT2D eigenvalue weighted by Crippen LogP contribution is 2.29. The Morgan fingerprint density at radius 2 is 1.74 bits per heavy atom. The van der Waals surface area contributed by atoms with E-state index in [-0.39, 0.29) is 4.90 Å². The molecule has 0 amide bonds. The summed E-state index contributed by atoms with van der Waals surface area (Å²) in [5.74, 6) is 0.613. The van der Waals surface area contributed by atoms with E-state index in [9.17, 15) is 8.42 Å². The predicted octanol–water partition coefficient (Wildman–Crippen LogP) is 3.59. The van der Waals surface area contributed by atoms with Crippen LogP contribution in [0.3, 0.4) is 0 Å². The van der Waals surface area contributed by atoms with Gasteiger partial charge in [0.05, 0.1) is 23.2 Å². The third-order valence-corrected chi connectivity index (χ3v) is 5.34. The maximum atomic E-state index is 12.6. The van der Waals surface area contributed by atoms with Crippen LogP contribution in [0.5, 0.6) is 5.75 Å². The maximum Gasteiger partial charge on any atom is 0.261 e. The summed E-state index contributed by atoms with van der Waals surface area (Å²) in [6, 6.07) is 11.8. The smallest absolute Gasteiger partial charge is 0.261 e. The normalized spacial score (nSPS) is 11.6. The fourth-order valence-corrected chi connectivity index (χ4v) is 3.60. The van der Waals surface area contributed by atoms with E-state index in [4.69, 9.17) is 4.74 Å². The van der Waals surface area contributed by atoms with Gasteiger partial charge in [-0.25, -0.2) is 8.42 Å². The largest absolute Gasteiger partial charge is 0.497 e. The van der Waals surface area contributed by atoms with Crippen LogP contribution in [0.15, 0.2) is 47.4 Å². The van der Waals surface area contributed by atoms with Crippen LogP contribution in [0.2, 0.25) is 0 Å². The zero-order valence-electron chi connectivity index (χ0n) is 13.2. The first-order valence-electron chi connectivity index (χ1n) is 7.17. The molecule has 5 nitrogen and oxygen atoms in total. The van der Waals surface area contributed by atoms with Crippen molar-refractivity contribution >= 4 is 26.6 Å². The second kappa shape index (κ2) is 5.62. The van der Waals surface area contributed by atoms with Crippen LogP contribution < -0.4 is 9.46 Å². The molecule has 0 bridgehead atoms. The van der Waals surface area contributed by atoms with Crippen molar-refractivity contribution in [2.75, 3.05) is 11.8 Å². The van der Waals surface area contributed by atoms with Crippen molar-refractivity contribution in [3.05, 3.63) is 53.7 Å². The van der Waals surface area contributed by atoms with E-state index in [1.54, 1.807) is 25.3 Å². The molecule has 1 heterocycles. The van der Waals surface area contributed by atoms with E-state index >= 15 is 0 Å². The van der Waals surface area contributed by atoms with Gasteiger partial charge < -0.3 is 9.72 Å². The van der Waals surface area contributed by atoms with Crippen LogP contribution in [-0.2, 0) is 10.0 Å². The van der Waals surface area contributed by atoms with Crippen molar-refractivity contribution in [3.63, 3.8) is 0 Å². The molecule has 0 spiro atoms. The molecule has 3 aromatic rings. The first-order valence-corrected chi connectivity index (χ1v) is 8.65. The lowest BCUT2D eigenvalue weighted by atomic mass is 10.1. The third-order valence-electron chi connectivity index (χ3n) is 3.96. The average Bonchev–Trinajstić information content (AvgIpc) is 2.84. The number of ether oxygens (including phenoxy) is 1. The van der Waals surface area contributed by atoms with Gasteiger partial charge in [-0.1, -0.05) is 12.1 Å². The highest BCUT2D eigenvalue weighted by molar-refractivity contribution is 7.92. The molecule has 0 saturated carbocycles. The van der Waals surface area contributed by atoms with Crippen LogP contribution in [0.4, 0.5) is 5.69 Å². The van der Waals surface area contributed by atoms with Gasteiger partial charge in [-0.05, 0) is 49.7 Å². The van der Waals surface area contributed by atoms with E-state index in [2.05, 4.69) is 9.71 Å². The van der Waals surface area contributed by atoms with Gasteiger partial charge in [-0.2, -0.15) is 0 Å². The summed E-state index contributed by atoms with van der Waals surface area (Å²) in [7, 11) is -2.12.